The first-order valence-electron chi connectivity index (χ1n) is 13.9. The molecule has 1 N–H and O–H groups in total. The smallest absolute Gasteiger partial charge is 0.227 e. The van der Waals surface area contributed by atoms with E-state index in [9.17, 15) is 0 Å². The van der Waals surface area contributed by atoms with Crippen LogP contribution in [0.4, 0.5) is 0 Å². The van der Waals surface area contributed by atoms with Crippen LogP contribution >= 0.6 is 0 Å². The number of nitrogens with zero attached hydrogens (tertiary/aromatic N) is 6. The predicted octanol–water partition coefficient (Wildman–Crippen LogP) is 7.31. The number of hydrogen-bond donors (Lipinski definition) is 1. The van der Waals surface area contributed by atoms with Gasteiger partial charge in [-0.15, -0.1) is 10.2 Å². The maximum Gasteiger partial charge on any atom is 0.227 e. The first-order chi connectivity index (χ1) is 20.1. The number of fused-ring (bicyclic) bond motifs is 2. The summed E-state index contributed by atoms with van der Waals surface area (Å²) in [4.78, 5) is 9.89. The molecule has 8 nitrogen and oxygen atoms in total. The quantitative estimate of drug-likeness (QED) is 0.228. The number of aryl methyl sites for hydroxylation is 3. The Morgan fingerprint density at radius 2 is 1.66 bits per heavy atom. The van der Waals surface area contributed by atoms with E-state index >= 15 is 0 Å². The summed E-state index contributed by atoms with van der Waals surface area (Å²) < 4.78 is 8.58. The average Bonchev–Trinajstić information content (AvgIpc) is 3.75. The molecule has 0 aliphatic carbocycles. The standard InChI is InChI=1S/C33H29N7O/c1-4-8-29-35-30-21(3)17-24(33-34-27-12-7-9-20(2)31(27)41-33)18-28(30)40(29)19-22-13-15-23(16-14-22)25-10-5-6-11-26(25)32-36-38-39-37-32/h5-7,9-18H,4,8,19H2,1-3H3,(H,36,37,38,39). The van der Waals surface area contributed by atoms with Gasteiger partial charge in [0.1, 0.15) is 11.3 Å². The number of aromatic amines is 1. The van der Waals surface area contributed by atoms with E-state index in [1.165, 1.54) is 5.56 Å². The van der Waals surface area contributed by atoms with Crippen molar-refractivity contribution < 1.29 is 4.42 Å². The molecule has 0 atom stereocenters. The third kappa shape index (κ3) is 4.47. The number of imidazole rings is 1. The van der Waals surface area contributed by atoms with Crippen LogP contribution in [0, 0.1) is 13.8 Å². The second-order valence-corrected chi connectivity index (χ2v) is 10.4. The minimum Gasteiger partial charge on any atom is -0.436 e. The molecule has 0 bridgehead atoms. The van der Waals surface area contributed by atoms with Crippen LogP contribution in [0.25, 0.3) is 56.1 Å². The van der Waals surface area contributed by atoms with Crippen molar-refractivity contribution in [2.24, 2.45) is 0 Å². The van der Waals surface area contributed by atoms with Crippen LogP contribution in [-0.2, 0) is 13.0 Å². The van der Waals surface area contributed by atoms with Crippen molar-refractivity contribution >= 4 is 22.1 Å². The minimum absolute atomic E-state index is 0.582. The fourth-order valence-corrected chi connectivity index (χ4v) is 5.54. The summed E-state index contributed by atoms with van der Waals surface area (Å²) in [5.41, 5.74) is 11.3. The first kappa shape index (κ1) is 24.9. The molecular formula is C33H29N7O. The third-order valence-corrected chi connectivity index (χ3v) is 7.57. The van der Waals surface area contributed by atoms with Crippen LogP contribution in [0.15, 0.2) is 83.3 Å². The number of aromatic nitrogens is 7. The SMILES string of the molecule is CCCc1nc2c(C)cc(-c3nc4cccc(C)c4o3)cc2n1Cc1ccc(-c2ccccc2-c2nn[nH]n2)cc1. The highest BCUT2D eigenvalue weighted by molar-refractivity contribution is 5.86. The zero-order chi connectivity index (χ0) is 27.9. The molecule has 0 amide bonds. The lowest BCUT2D eigenvalue weighted by atomic mass is 9.98. The Morgan fingerprint density at radius 1 is 0.829 bits per heavy atom. The molecule has 0 saturated carbocycles. The number of tetrazole rings is 1. The van der Waals surface area contributed by atoms with E-state index in [-0.39, 0.29) is 0 Å². The Bertz CT molecular complexity index is 2000. The van der Waals surface area contributed by atoms with E-state index in [4.69, 9.17) is 14.4 Å². The van der Waals surface area contributed by atoms with E-state index in [2.05, 4.69) is 81.5 Å². The summed E-state index contributed by atoms with van der Waals surface area (Å²) in [6.45, 7) is 7.07. The van der Waals surface area contributed by atoms with E-state index in [1.807, 2.05) is 43.3 Å². The average molecular weight is 540 g/mol. The molecule has 41 heavy (non-hydrogen) atoms. The second kappa shape index (κ2) is 10.1. The molecule has 0 fully saturated rings. The summed E-state index contributed by atoms with van der Waals surface area (Å²) in [6, 6.07) is 27.2. The molecule has 0 spiro atoms. The van der Waals surface area contributed by atoms with Gasteiger partial charge in [-0.05, 0) is 71.5 Å². The Morgan fingerprint density at radius 3 is 2.41 bits per heavy atom. The van der Waals surface area contributed by atoms with Gasteiger partial charge in [-0.2, -0.15) is 5.21 Å². The zero-order valence-corrected chi connectivity index (χ0v) is 23.2. The molecule has 202 valence electrons. The normalized spacial score (nSPS) is 11.6. The largest absolute Gasteiger partial charge is 0.436 e. The molecule has 0 unspecified atom stereocenters. The lowest BCUT2D eigenvalue weighted by Gasteiger charge is -2.12. The topological polar surface area (TPSA) is 98.3 Å². The highest BCUT2D eigenvalue weighted by Gasteiger charge is 2.18. The maximum atomic E-state index is 6.24. The number of H-pyrrole nitrogens is 1. The van der Waals surface area contributed by atoms with Gasteiger partial charge in [-0.1, -0.05) is 67.6 Å². The third-order valence-electron chi connectivity index (χ3n) is 7.57. The van der Waals surface area contributed by atoms with Gasteiger partial charge < -0.3 is 8.98 Å². The molecule has 8 heteroatoms. The fraction of sp³-hybridized carbons (Fsp3) is 0.182. The summed E-state index contributed by atoms with van der Waals surface area (Å²) >= 11 is 0. The van der Waals surface area contributed by atoms with Gasteiger partial charge in [-0.25, -0.2) is 9.97 Å². The summed E-state index contributed by atoms with van der Waals surface area (Å²) in [7, 11) is 0. The fourth-order valence-electron chi connectivity index (χ4n) is 5.54. The van der Waals surface area contributed by atoms with Gasteiger partial charge in [0.05, 0.1) is 11.0 Å². The van der Waals surface area contributed by atoms with Gasteiger partial charge in [0, 0.05) is 24.1 Å². The van der Waals surface area contributed by atoms with E-state index < -0.39 is 0 Å². The van der Waals surface area contributed by atoms with Crippen LogP contribution in [0.3, 0.4) is 0 Å². The molecule has 7 aromatic rings. The van der Waals surface area contributed by atoms with Crippen molar-refractivity contribution in [2.75, 3.05) is 0 Å². The molecule has 3 aromatic heterocycles. The van der Waals surface area contributed by atoms with Crippen molar-refractivity contribution in [2.45, 2.75) is 40.2 Å². The van der Waals surface area contributed by atoms with E-state index in [0.29, 0.717) is 18.3 Å². The Kier molecular flexibility index (Phi) is 6.15. The monoisotopic (exact) mass is 539 g/mol. The van der Waals surface area contributed by atoms with Gasteiger partial charge in [0.25, 0.3) is 0 Å². The molecule has 0 aliphatic heterocycles. The number of hydrogen-bond acceptors (Lipinski definition) is 6. The first-order valence-corrected chi connectivity index (χ1v) is 13.9. The van der Waals surface area contributed by atoms with Crippen LogP contribution in [0.2, 0.25) is 0 Å². The Labute approximate surface area is 237 Å². The molecule has 0 aliphatic rings. The molecule has 3 heterocycles. The van der Waals surface area contributed by atoms with Crippen LogP contribution in [-0.4, -0.2) is 35.2 Å². The number of para-hydroxylation sites is 1. The van der Waals surface area contributed by atoms with Crippen molar-refractivity contribution in [1.29, 1.82) is 0 Å². The number of benzene rings is 4. The van der Waals surface area contributed by atoms with Crippen LogP contribution in [0.1, 0.15) is 35.9 Å². The number of oxazole rings is 1. The van der Waals surface area contributed by atoms with Gasteiger partial charge in [0.2, 0.25) is 11.7 Å². The van der Waals surface area contributed by atoms with Crippen LogP contribution in [0.5, 0.6) is 0 Å². The predicted molar refractivity (Wildman–Crippen MR) is 160 cm³/mol. The lowest BCUT2D eigenvalue weighted by Crippen LogP contribution is -2.05. The molecule has 4 aromatic carbocycles. The molecule has 0 saturated heterocycles. The molecule has 7 rings (SSSR count). The maximum absolute atomic E-state index is 6.24. The Hall–Kier alpha value is -5.11. The van der Waals surface area contributed by atoms with Gasteiger partial charge in [0.15, 0.2) is 5.58 Å². The number of nitrogens with one attached hydrogen (secondary N) is 1. The highest BCUT2D eigenvalue weighted by Crippen LogP contribution is 2.33. The van der Waals surface area contributed by atoms with Crippen molar-refractivity contribution in [3.63, 3.8) is 0 Å². The van der Waals surface area contributed by atoms with Crippen LogP contribution < -0.4 is 0 Å². The summed E-state index contributed by atoms with van der Waals surface area (Å²) in [6.07, 6.45) is 1.92. The zero-order valence-electron chi connectivity index (χ0n) is 23.2. The van der Waals surface area contributed by atoms with Gasteiger partial charge >= 0.3 is 0 Å². The summed E-state index contributed by atoms with van der Waals surface area (Å²) in [5.74, 6) is 2.30. The highest BCUT2D eigenvalue weighted by atomic mass is 16.3. The molecular weight excluding hydrogens is 510 g/mol. The van der Waals surface area contributed by atoms with E-state index in [0.717, 1.165) is 74.2 Å². The van der Waals surface area contributed by atoms with Crippen molar-refractivity contribution in [3.8, 4) is 34.0 Å². The lowest BCUT2D eigenvalue weighted by molar-refractivity contribution is 0.617. The minimum atomic E-state index is 0.582. The molecule has 0 radical (unpaired) electrons. The second-order valence-electron chi connectivity index (χ2n) is 10.4. The summed E-state index contributed by atoms with van der Waals surface area (Å²) in [5, 5.41) is 14.6. The van der Waals surface area contributed by atoms with Crippen molar-refractivity contribution in [1.82, 2.24) is 35.2 Å². The van der Waals surface area contributed by atoms with Crippen molar-refractivity contribution in [3.05, 3.63) is 101 Å². The van der Waals surface area contributed by atoms with Gasteiger partial charge in [-0.3, -0.25) is 0 Å². The Balaban J connectivity index is 1.27. The van der Waals surface area contributed by atoms with E-state index in [1.54, 1.807) is 0 Å². The number of rotatable bonds is 7.